The van der Waals surface area contributed by atoms with Crippen LogP contribution in [0, 0.1) is 0 Å². The van der Waals surface area contributed by atoms with E-state index in [1.807, 2.05) is 19.1 Å². The highest BCUT2D eigenvalue weighted by atomic mass is 35.5. The molecule has 0 aliphatic carbocycles. The summed E-state index contributed by atoms with van der Waals surface area (Å²) in [6.07, 6.45) is 1.69. The van der Waals surface area contributed by atoms with Gasteiger partial charge in [0, 0.05) is 18.3 Å². The van der Waals surface area contributed by atoms with Gasteiger partial charge in [0.2, 0.25) is 5.88 Å². The molecule has 0 aliphatic heterocycles. The topological polar surface area (TPSA) is 48.1 Å². The normalized spacial score (nSPS) is 11.6. The summed E-state index contributed by atoms with van der Waals surface area (Å²) in [5.41, 5.74) is 6.69. The van der Waals surface area contributed by atoms with Crippen molar-refractivity contribution >= 4 is 12.4 Å². The number of rotatable bonds is 2. The Morgan fingerprint density at radius 1 is 1.58 bits per heavy atom. The van der Waals surface area contributed by atoms with Crippen molar-refractivity contribution in [1.29, 1.82) is 0 Å². The van der Waals surface area contributed by atoms with E-state index in [1.54, 1.807) is 13.3 Å². The van der Waals surface area contributed by atoms with Crippen LogP contribution in [0.5, 0.6) is 5.88 Å². The summed E-state index contributed by atoms with van der Waals surface area (Å²) >= 11 is 0. The number of hydrogen-bond acceptors (Lipinski definition) is 3. The molecule has 0 spiro atoms. The van der Waals surface area contributed by atoms with Gasteiger partial charge in [0.25, 0.3) is 0 Å². The van der Waals surface area contributed by atoms with Crippen LogP contribution in [-0.2, 0) is 0 Å². The molecule has 1 aromatic rings. The molecule has 0 saturated heterocycles. The molecule has 0 amide bonds. The Labute approximate surface area is 78.4 Å². The third-order valence-electron chi connectivity index (χ3n) is 1.49. The minimum Gasteiger partial charge on any atom is -0.481 e. The van der Waals surface area contributed by atoms with E-state index in [0.29, 0.717) is 5.88 Å². The number of pyridine rings is 1. The third-order valence-corrected chi connectivity index (χ3v) is 1.49. The Morgan fingerprint density at radius 3 is 2.75 bits per heavy atom. The van der Waals surface area contributed by atoms with Gasteiger partial charge in [-0.2, -0.15) is 0 Å². The van der Waals surface area contributed by atoms with Gasteiger partial charge in [-0.05, 0) is 18.6 Å². The summed E-state index contributed by atoms with van der Waals surface area (Å²) in [7, 11) is 1.59. The molecule has 0 aliphatic rings. The standard InChI is InChI=1S/C8H12N2O.ClH/c1-6(9)7-3-4-10-8(5-7)11-2;/h3-6H,9H2,1-2H3;1H/t6-;/m1./s1. The first-order valence-corrected chi connectivity index (χ1v) is 3.49. The van der Waals surface area contributed by atoms with E-state index >= 15 is 0 Å². The van der Waals surface area contributed by atoms with Crippen molar-refractivity contribution in [1.82, 2.24) is 4.98 Å². The Balaban J connectivity index is 0.00000121. The van der Waals surface area contributed by atoms with Crippen LogP contribution in [0.3, 0.4) is 0 Å². The first-order valence-electron chi connectivity index (χ1n) is 3.49. The van der Waals surface area contributed by atoms with E-state index < -0.39 is 0 Å². The van der Waals surface area contributed by atoms with Crippen LogP contribution < -0.4 is 10.5 Å². The van der Waals surface area contributed by atoms with E-state index in [4.69, 9.17) is 10.5 Å². The van der Waals surface area contributed by atoms with Gasteiger partial charge < -0.3 is 10.5 Å². The van der Waals surface area contributed by atoms with Crippen LogP contribution in [0.25, 0.3) is 0 Å². The lowest BCUT2D eigenvalue weighted by atomic mass is 10.1. The van der Waals surface area contributed by atoms with Crippen molar-refractivity contribution in [3.8, 4) is 5.88 Å². The fourth-order valence-electron chi connectivity index (χ4n) is 0.820. The maximum absolute atomic E-state index is 5.65. The molecule has 12 heavy (non-hydrogen) atoms. The van der Waals surface area contributed by atoms with Crippen molar-refractivity contribution < 1.29 is 4.74 Å². The summed E-state index contributed by atoms with van der Waals surface area (Å²) in [6.45, 7) is 1.93. The lowest BCUT2D eigenvalue weighted by Gasteiger charge is -2.05. The minimum atomic E-state index is 0. The van der Waals surface area contributed by atoms with Crippen LogP contribution in [0.2, 0.25) is 0 Å². The molecular formula is C8H13ClN2O. The number of aromatic nitrogens is 1. The lowest BCUT2D eigenvalue weighted by molar-refractivity contribution is 0.397. The van der Waals surface area contributed by atoms with Crippen LogP contribution in [0.15, 0.2) is 18.3 Å². The summed E-state index contributed by atoms with van der Waals surface area (Å²) in [5.74, 6) is 0.611. The van der Waals surface area contributed by atoms with Gasteiger partial charge in [-0.1, -0.05) is 0 Å². The Kier molecular flexibility index (Phi) is 4.62. The van der Waals surface area contributed by atoms with Gasteiger partial charge in [-0.25, -0.2) is 4.98 Å². The number of hydrogen-bond donors (Lipinski definition) is 1. The second kappa shape index (κ2) is 4.95. The molecule has 0 unspecified atom stereocenters. The van der Waals surface area contributed by atoms with E-state index in [2.05, 4.69) is 4.98 Å². The van der Waals surface area contributed by atoms with Crippen LogP contribution >= 0.6 is 12.4 Å². The van der Waals surface area contributed by atoms with E-state index in [1.165, 1.54) is 0 Å². The van der Waals surface area contributed by atoms with Gasteiger partial charge in [-0.15, -0.1) is 12.4 Å². The first-order chi connectivity index (χ1) is 5.24. The summed E-state index contributed by atoms with van der Waals surface area (Å²) in [4.78, 5) is 3.96. The quantitative estimate of drug-likeness (QED) is 0.766. The Hall–Kier alpha value is -0.800. The third kappa shape index (κ3) is 2.68. The van der Waals surface area contributed by atoms with Crippen LogP contribution in [0.4, 0.5) is 0 Å². The zero-order valence-electron chi connectivity index (χ0n) is 7.15. The molecule has 68 valence electrons. The first kappa shape index (κ1) is 11.2. The van der Waals surface area contributed by atoms with Gasteiger partial charge in [0.15, 0.2) is 0 Å². The second-order valence-electron chi connectivity index (χ2n) is 2.42. The monoisotopic (exact) mass is 188 g/mol. The SMILES string of the molecule is COc1cc([C@@H](C)N)ccn1.Cl. The highest BCUT2D eigenvalue weighted by molar-refractivity contribution is 5.85. The van der Waals surface area contributed by atoms with Crippen molar-refractivity contribution in [3.63, 3.8) is 0 Å². The molecule has 0 fully saturated rings. The van der Waals surface area contributed by atoms with Crippen molar-refractivity contribution in [3.05, 3.63) is 23.9 Å². The van der Waals surface area contributed by atoms with E-state index in [-0.39, 0.29) is 18.4 Å². The Morgan fingerprint density at radius 2 is 2.25 bits per heavy atom. The number of ether oxygens (including phenoxy) is 1. The molecule has 0 aromatic carbocycles. The van der Waals surface area contributed by atoms with Gasteiger partial charge in [0.1, 0.15) is 0 Å². The van der Waals surface area contributed by atoms with Crippen molar-refractivity contribution in [2.24, 2.45) is 5.73 Å². The molecule has 3 nitrogen and oxygen atoms in total. The fraction of sp³-hybridized carbons (Fsp3) is 0.375. The Bertz CT molecular complexity index is 240. The smallest absolute Gasteiger partial charge is 0.213 e. The second-order valence-corrected chi connectivity index (χ2v) is 2.42. The molecule has 1 atom stereocenters. The van der Waals surface area contributed by atoms with E-state index in [0.717, 1.165) is 5.56 Å². The fourth-order valence-corrected chi connectivity index (χ4v) is 0.820. The molecule has 2 N–H and O–H groups in total. The molecule has 1 rings (SSSR count). The molecular weight excluding hydrogens is 176 g/mol. The zero-order chi connectivity index (χ0) is 8.27. The van der Waals surface area contributed by atoms with Gasteiger partial charge >= 0.3 is 0 Å². The molecule has 0 radical (unpaired) electrons. The van der Waals surface area contributed by atoms with Gasteiger partial charge in [-0.3, -0.25) is 0 Å². The average Bonchev–Trinajstić information content (AvgIpc) is 2.05. The van der Waals surface area contributed by atoms with Crippen LogP contribution in [0.1, 0.15) is 18.5 Å². The molecule has 0 bridgehead atoms. The summed E-state index contributed by atoms with van der Waals surface area (Å²) < 4.78 is 4.94. The number of nitrogens with two attached hydrogens (primary N) is 1. The van der Waals surface area contributed by atoms with Crippen molar-refractivity contribution in [2.45, 2.75) is 13.0 Å². The zero-order valence-corrected chi connectivity index (χ0v) is 7.97. The largest absolute Gasteiger partial charge is 0.481 e. The number of nitrogens with zero attached hydrogens (tertiary/aromatic N) is 1. The summed E-state index contributed by atoms with van der Waals surface area (Å²) in [5, 5.41) is 0. The highest BCUT2D eigenvalue weighted by Crippen LogP contribution is 2.13. The lowest BCUT2D eigenvalue weighted by Crippen LogP contribution is -2.05. The molecule has 1 heterocycles. The predicted molar refractivity (Wildman–Crippen MR) is 50.6 cm³/mol. The summed E-state index contributed by atoms with van der Waals surface area (Å²) in [6, 6.07) is 3.75. The van der Waals surface area contributed by atoms with Crippen LogP contribution in [-0.4, -0.2) is 12.1 Å². The van der Waals surface area contributed by atoms with E-state index in [9.17, 15) is 0 Å². The molecule has 1 aromatic heterocycles. The minimum absolute atomic E-state index is 0. The maximum atomic E-state index is 5.65. The average molecular weight is 189 g/mol. The predicted octanol–water partition coefficient (Wildman–Crippen LogP) is 1.53. The molecule has 0 saturated carbocycles. The molecule has 4 heteroatoms. The van der Waals surface area contributed by atoms with Gasteiger partial charge in [0.05, 0.1) is 7.11 Å². The highest BCUT2D eigenvalue weighted by Gasteiger charge is 1.99. The number of methoxy groups -OCH3 is 1. The van der Waals surface area contributed by atoms with Crippen molar-refractivity contribution in [2.75, 3.05) is 7.11 Å². The maximum Gasteiger partial charge on any atom is 0.213 e. The number of halogens is 1.